The van der Waals surface area contributed by atoms with Gasteiger partial charge < -0.3 is 15.7 Å². The first-order valence-corrected chi connectivity index (χ1v) is 8.41. The predicted octanol–water partition coefficient (Wildman–Crippen LogP) is 1.79. The van der Waals surface area contributed by atoms with Gasteiger partial charge in [0.2, 0.25) is 5.91 Å². The number of amides is 1. The van der Waals surface area contributed by atoms with Gasteiger partial charge in [-0.15, -0.1) is 0 Å². The van der Waals surface area contributed by atoms with Gasteiger partial charge in [-0.1, -0.05) is 31.2 Å². The van der Waals surface area contributed by atoms with Crippen LogP contribution < -0.4 is 10.6 Å². The average Bonchev–Trinajstić information content (AvgIpc) is 2.84. The number of fused-ring (bicyclic) bond motifs is 1. The molecule has 1 aliphatic heterocycles. The summed E-state index contributed by atoms with van der Waals surface area (Å²) >= 11 is 0. The molecule has 22 heavy (non-hydrogen) atoms. The molecule has 1 aromatic rings. The average molecular weight is 302 g/mol. The van der Waals surface area contributed by atoms with E-state index in [1.54, 1.807) is 0 Å². The molecule has 1 heterocycles. The molecule has 0 radical (unpaired) electrons. The van der Waals surface area contributed by atoms with Crippen molar-refractivity contribution in [1.29, 1.82) is 0 Å². The van der Waals surface area contributed by atoms with Crippen LogP contribution in [0.25, 0.3) is 0 Å². The molecule has 0 bridgehead atoms. The molecule has 1 amide bonds. The van der Waals surface area contributed by atoms with Gasteiger partial charge in [0, 0.05) is 12.8 Å². The Morgan fingerprint density at radius 1 is 1.45 bits per heavy atom. The van der Waals surface area contributed by atoms with Crippen LogP contribution in [0.1, 0.15) is 43.4 Å². The fraction of sp³-hybridized carbons (Fsp3) is 0.611. The van der Waals surface area contributed by atoms with Gasteiger partial charge in [0.05, 0.1) is 12.1 Å². The van der Waals surface area contributed by atoms with Gasteiger partial charge in [0.25, 0.3) is 0 Å². The van der Waals surface area contributed by atoms with Gasteiger partial charge in [0.15, 0.2) is 0 Å². The van der Waals surface area contributed by atoms with E-state index in [4.69, 9.17) is 0 Å². The lowest BCUT2D eigenvalue weighted by molar-refractivity contribution is -0.123. The Morgan fingerprint density at radius 2 is 2.27 bits per heavy atom. The Morgan fingerprint density at radius 3 is 3.05 bits per heavy atom. The minimum Gasteiger partial charge on any atom is -0.390 e. The summed E-state index contributed by atoms with van der Waals surface area (Å²) in [5.41, 5.74) is 2.21. The Kier molecular flexibility index (Phi) is 4.79. The predicted molar refractivity (Wildman–Crippen MR) is 86.4 cm³/mol. The SMILES string of the molecule is CC(CC(=O)N[C@H]1c2ccccc2C[C@H]1O)C1CCCNC1. The third kappa shape index (κ3) is 3.33. The highest BCUT2D eigenvalue weighted by Crippen LogP contribution is 2.31. The molecule has 0 saturated carbocycles. The van der Waals surface area contributed by atoms with E-state index in [1.165, 1.54) is 12.8 Å². The van der Waals surface area contributed by atoms with Crippen molar-refractivity contribution in [3.8, 4) is 0 Å². The molecule has 3 rings (SSSR count). The van der Waals surface area contributed by atoms with Crippen LogP contribution >= 0.6 is 0 Å². The van der Waals surface area contributed by atoms with Crippen LogP contribution in [0.2, 0.25) is 0 Å². The highest BCUT2D eigenvalue weighted by Gasteiger charge is 2.32. The van der Waals surface area contributed by atoms with E-state index in [9.17, 15) is 9.90 Å². The van der Waals surface area contributed by atoms with E-state index < -0.39 is 6.10 Å². The standard InChI is InChI=1S/C18H26N2O2/c1-12(14-6-4-8-19-11-14)9-17(22)20-18-15-7-3-2-5-13(15)10-16(18)21/h2-3,5,7,12,14,16,18-19,21H,4,6,8-11H2,1H3,(H,20,22)/t12?,14?,16-,18+/m1/s1. The molecule has 120 valence electrons. The molecule has 1 aliphatic carbocycles. The molecule has 1 saturated heterocycles. The minimum atomic E-state index is -0.506. The molecular formula is C18H26N2O2. The zero-order chi connectivity index (χ0) is 15.5. The highest BCUT2D eigenvalue weighted by molar-refractivity contribution is 5.77. The number of carbonyl (C=O) groups excluding carboxylic acids is 1. The van der Waals surface area contributed by atoms with Crippen LogP contribution in [-0.2, 0) is 11.2 Å². The number of nitrogens with one attached hydrogen (secondary N) is 2. The first-order valence-electron chi connectivity index (χ1n) is 8.41. The third-order valence-electron chi connectivity index (χ3n) is 5.17. The Hall–Kier alpha value is -1.39. The van der Waals surface area contributed by atoms with Crippen LogP contribution in [0, 0.1) is 11.8 Å². The van der Waals surface area contributed by atoms with Crippen molar-refractivity contribution in [1.82, 2.24) is 10.6 Å². The lowest BCUT2D eigenvalue weighted by atomic mass is 9.85. The maximum atomic E-state index is 12.4. The number of benzene rings is 1. The van der Waals surface area contributed by atoms with E-state index in [1.807, 2.05) is 24.3 Å². The molecule has 1 fully saturated rings. The number of aliphatic hydroxyl groups is 1. The summed E-state index contributed by atoms with van der Waals surface area (Å²) in [6.07, 6.45) is 3.07. The van der Waals surface area contributed by atoms with Crippen molar-refractivity contribution >= 4 is 5.91 Å². The lowest BCUT2D eigenvalue weighted by Crippen LogP contribution is -2.38. The van der Waals surface area contributed by atoms with Gasteiger partial charge in [-0.2, -0.15) is 0 Å². The van der Waals surface area contributed by atoms with E-state index in [2.05, 4.69) is 17.6 Å². The van der Waals surface area contributed by atoms with Crippen molar-refractivity contribution in [3.63, 3.8) is 0 Å². The summed E-state index contributed by atoms with van der Waals surface area (Å²) in [7, 11) is 0. The monoisotopic (exact) mass is 302 g/mol. The van der Waals surface area contributed by atoms with Gasteiger partial charge >= 0.3 is 0 Å². The molecule has 0 aromatic heterocycles. The Balaban J connectivity index is 1.57. The topological polar surface area (TPSA) is 61.4 Å². The normalized spacial score (nSPS) is 28.9. The fourth-order valence-electron chi connectivity index (χ4n) is 3.80. The molecule has 4 heteroatoms. The lowest BCUT2D eigenvalue weighted by Gasteiger charge is -2.28. The number of rotatable bonds is 4. The molecule has 0 spiro atoms. The second-order valence-electron chi connectivity index (χ2n) is 6.80. The summed E-state index contributed by atoms with van der Waals surface area (Å²) in [6, 6.07) is 7.73. The molecule has 1 aromatic carbocycles. The molecular weight excluding hydrogens is 276 g/mol. The van der Waals surface area contributed by atoms with Crippen molar-refractivity contribution in [3.05, 3.63) is 35.4 Å². The van der Waals surface area contributed by atoms with E-state index in [0.717, 1.165) is 24.2 Å². The van der Waals surface area contributed by atoms with Crippen molar-refractivity contribution in [2.24, 2.45) is 11.8 Å². The summed E-state index contributed by atoms with van der Waals surface area (Å²) in [4.78, 5) is 12.4. The number of aliphatic hydroxyl groups excluding tert-OH is 1. The third-order valence-corrected chi connectivity index (χ3v) is 5.17. The van der Waals surface area contributed by atoms with E-state index >= 15 is 0 Å². The molecule has 4 atom stereocenters. The number of carbonyl (C=O) groups is 1. The van der Waals surface area contributed by atoms with Crippen molar-refractivity contribution < 1.29 is 9.90 Å². The molecule has 4 nitrogen and oxygen atoms in total. The fourth-order valence-corrected chi connectivity index (χ4v) is 3.80. The van der Waals surface area contributed by atoms with Crippen LogP contribution in [0.15, 0.2) is 24.3 Å². The molecule has 2 unspecified atom stereocenters. The Bertz CT molecular complexity index is 526. The Labute approximate surface area is 132 Å². The summed E-state index contributed by atoms with van der Waals surface area (Å²) < 4.78 is 0. The second kappa shape index (κ2) is 6.80. The smallest absolute Gasteiger partial charge is 0.220 e. The quantitative estimate of drug-likeness (QED) is 0.794. The van der Waals surface area contributed by atoms with Crippen LogP contribution in [-0.4, -0.2) is 30.2 Å². The maximum absolute atomic E-state index is 12.4. The summed E-state index contributed by atoms with van der Waals surface area (Å²) in [5, 5.41) is 16.7. The highest BCUT2D eigenvalue weighted by atomic mass is 16.3. The van der Waals surface area contributed by atoms with Gasteiger partial charge in [-0.05, 0) is 48.9 Å². The van der Waals surface area contributed by atoms with Gasteiger partial charge in [0.1, 0.15) is 0 Å². The van der Waals surface area contributed by atoms with E-state index in [-0.39, 0.29) is 11.9 Å². The maximum Gasteiger partial charge on any atom is 0.220 e. The van der Waals surface area contributed by atoms with Crippen molar-refractivity contribution in [2.75, 3.05) is 13.1 Å². The molecule has 3 N–H and O–H groups in total. The number of piperidine rings is 1. The first-order chi connectivity index (χ1) is 10.6. The summed E-state index contributed by atoms with van der Waals surface area (Å²) in [6.45, 7) is 4.28. The van der Waals surface area contributed by atoms with Crippen LogP contribution in [0.4, 0.5) is 0 Å². The van der Waals surface area contributed by atoms with Crippen LogP contribution in [0.5, 0.6) is 0 Å². The van der Waals surface area contributed by atoms with Gasteiger partial charge in [-0.25, -0.2) is 0 Å². The van der Waals surface area contributed by atoms with Gasteiger partial charge in [-0.3, -0.25) is 4.79 Å². The zero-order valence-corrected chi connectivity index (χ0v) is 13.2. The zero-order valence-electron chi connectivity index (χ0n) is 13.2. The first kappa shape index (κ1) is 15.5. The van der Waals surface area contributed by atoms with Crippen molar-refractivity contribution in [2.45, 2.75) is 44.8 Å². The second-order valence-corrected chi connectivity index (χ2v) is 6.80. The van der Waals surface area contributed by atoms with Crippen LogP contribution in [0.3, 0.4) is 0 Å². The molecule has 2 aliphatic rings. The summed E-state index contributed by atoms with van der Waals surface area (Å²) in [5.74, 6) is 1.01. The minimum absolute atomic E-state index is 0.0545. The number of hydrogen-bond donors (Lipinski definition) is 3. The van der Waals surface area contributed by atoms with E-state index in [0.29, 0.717) is 24.7 Å². The number of hydrogen-bond acceptors (Lipinski definition) is 3. The largest absolute Gasteiger partial charge is 0.390 e.